The summed E-state index contributed by atoms with van der Waals surface area (Å²) in [7, 11) is 0. The van der Waals surface area contributed by atoms with Gasteiger partial charge in [-0.2, -0.15) is 0 Å². The Morgan fingerprint density at radius 1 is 1.43 bits per heavy atom. The lowest BCUT2D eigenvalue weighted by molar-refractivity contribution is 0.218. The minimum Gasteiger partial charge on any atom is -0.396 e. The molecule has 1 atom stereocenters. The van der Waals surface area contributed by atoms with Gasteiger partial charge >= 0.3 is 0 Å². The molecule has 0 fully saturated rings. The molecular formula is C11H18N2O. The number of aliphatic hydroxyl groups excluding tert-OH is 1. The third-order valence-electron chi connectivity index (χ3n) is 2.35. The molecule has 3 nitrogen and oxygen atoms in total. The monoisotopic (exact) mass is 194 g/mol. The highest BCUT2D eigenvalue weighted by Gasteiger charge is 2.02. The number of rotatable bonds is 6. The van der Waals surface area contributed by atoms with Crippen molar-refractivity contribution in [1.29, 1.82) is 0 Å². The second kappa shape index (κ2) is 6.51. The van der Waals surface area contributed by atoms with Gasteiger partial charge in [0, 0.05) is 32.1 Å². The molecule has 0 spiro atoms. The van der Waals surface area contributed by atoms with Crippen LogP contribution in [0.1, 0.15) is 18.9 Å². The molecule has 1 heterocycles. The van der Waals surface area contributed by atoms with Gasteiger partial charge in [-0.25, -0.2) is 0 Å². The number of hydrogen-bond donors (Lipinski definition) is 2. The second-order valence-electron chi connectivity index (χ2n) is 3.44. The summed E-state index contributed by atoms with van der Waals surface area (Å²) in [4.78, 5) is 3.95. The molecule has 3 heteroatoms. The maximum atomic E-state index is 8.97. The number of aliphatic hydroxyl groups is 1. The second-order valence-corrected chi connectivity index (χ2v) is 3.44. The van der Waals surface area contributed by atoms with Gasteiger partial charge < -0.3 is 10.4 Å². The van der Waals surface area contributed by atoms with Gasteiger partial charge in [-0.3, -0.25) is 4.98 Å². The van der Waals surface area contributed by atoms with Crippen molar-refractivity contribution in [1.82, 2.24) is 10.3 Å². The Morgan fingerprint density at radius 3 is 2.71 bits per heavy atom. The van der Waals surface area contributed by atoms with Crippen molar-refractivity contribution in [3.05, 3.63) is 30.1 Å². The first-order chi connectivity index (χ1) is 6.86. The average Bonchev–Trinajstić information content (AvgIpc) is 2.26. The maximum absolute atomic E-state index is 8.97. The van der Waals surface area contributed by atoms with Crippen LogP contribution in [0.2, 0.25) is 0 Å². The Balaban J connectivity index is 2.21. The fraction of sp³-hybridized carbons (Fsp3) is 0.545. The summed E-state index contributed by atoms with van der Waals surface area (Å²) in [6.45, 7) is 4.07. The van der Waals surface area contributed by atoms with Crippen molar-refractivity contribution in [3.8, 4) is 0 Å². The summed E-state index contributed by atoms with van der Waals surface area (Å²) in [6.07, 6.45) is 4.60. The molecule has 0 aromatic carbocycles. The van der Waals surface area contributed by atoms with Crippen LogP contribution in [0.25, 0.3) is 0 Å². The van der Waals surface area contributed by atoms with Crippen LogP contribution in [0.15, 0.2) is 24.5 Å². The lowest BCUT2D eigenvalue weighted by Crippen LogP contribution is -2.24. The van der Waals surface area contributed by atoms with Gasteiger partial charge in [-0.05, 0) is 30.0 Å². The molecule has 0 aliphatic carbocycles. The van der Waals surface area contributed by atoms with E-state index in [1.807, 2.05) is 12.1 Å². The summed E-state index contributed by atoms with van der Waals surface area (Å²) >= 11 is 0. The van der Waals surface area contributed by atoms with Gasteiger partial charge in [0.1, 0.15) is 0 Å². The summed E-state index contributed by atoms with van der Waals surface area (Å²) in [5, 5.41) is 12.3. The van der Waals surface area contributed by atoms with E-state index in [1.165, 1.54) is 5.56 Å². The minimum atomic E-state index is 0.264. The van der Waals surface area contributed by atoms with Crippen LogP contribution in [-0.4, -0.2) is 23.2 Å². The van der Waals surface area contributed by atoms with Crippen LogP contribution in [0.4, 0.5) is 0 Å². The zero-order valence-electron chi connectivity index (χ0n) is 8.61. The summed E-state index contributed by atoms with van der Waals surface area (Å²) in [5.74, 6) is 0.372. The van der Waals surface area contributed by atoms with Crippen molar-refractivity contribution < 1.29 is 5.11 Å². The Hall–Kier alpha value is -0.930. The number of nitrogens with zero attached hydrogens (tertiary/aromatic N) is 1. The Bertz CT molecular complexity index is 234. The van der Waals surface area contributed by atoms with E-state index in [9.17, 15) is 0 Å². The van der Waals surface area contributed by atoms with Crippen LogP contribution < -0.4 is 5.32 Å². The highest BCUT2D eigenvalue weighted by Crippen LogP contribution is 2.00. The van der Waals surface area contributed by atoms with Gasteiger partial charge in [0.2, 0.25) is 0 Å². The predicted octanol–water partition coefficient (Wildman–Crippen LogP) is 1.19. The average molecular weight is 194 g/mol. The van der Waals surface area contributed by atoms with Gasteiger partial charge in [-0.15, -0.1) is 0 Å². The highest BCUT2D eigenvalue weighted by atomic mass is 16.3. The van der Waals surface area contributed by atoms with Crippen molar-refractivity contribution in [2.24, 2.45) is 5.92 Å². The molecule has 1 aromatic heterocycles. The molecule has 1 aromatic rings. The number of aromatic nitrogens is 1. The lowest BCUT2D eigenvalue weighted by atomic mass is 10.1. The normalized spacial score (nSPS) is 12.7. The number of pyridine rings is 1. The van der Waals surface area contributed by atoms with Crippen molar-refractivity contribution in [2.75, 3.05) is 13.2 Å². The minimum absolute atomic E-state index is 0.264. The maximum Gasteiger partial charge on any atom is 0.0471 e. The molecular weight excluding hydrogens is 176 g/mol. The fourth-order valence-corrected chi connectivity index (χ4v) is 1.26. The Kier molecular flexibility index (Phi) is 5.19. The van der Waals surface area contributed by atoms with E-state index in [-0.39, 0.29) is 6.61 Å². The van der Waals surface area contributed by atoms with E-state index in [4.69, 9.17) is 5.11 Å². The van der Waals surface area contributed by atoms with E-state index in [1.54, 1.807) is 12.4 Å². The Labute approximate surface area is 85.2 Å². The van der Waals surface area contributed by atoms with Crippen LogP contribution >= 0.6 is 0 Å². The van der Waals surface area contributed by atoms with E-state index in [0.717, 1.165) is 19.5 Å². The van der Waals surface area contributed by atoms with Gasteiger partial charge in [0.15, 0.2) is 0 Å². The SMILES string of the molecule is CCC(CO)CNCc1ccncc1. The molecule has 78 valence electrons. The molecule has 0 aliphatic rings. The molecule has 1 rings (SSSR count). The molecule has 0 amide bonds. The van der Waals surface area contributed by atoms with E-state index in [0.29, 0.717) is 5.92 Å². The number of nitrogens with one attached hydrogen (secondary N) is 1. The first kappa shape index (κ1) is 11.1. The number of hydrogen-bond acceptors (Lipinski definition) is 3. The first-order valence-corrected chi connectivity index (χ1v) is 5.07. The quantitative estimate of drug-likeness (QED) is 0.715. The van der Waals surface area contributed by atoms with Crippen molar-refractivity contribution >= 4 is 0 Å². The van der Waals surface area contributed by atoms with Crippen LogP contribution in [0, 0.1) is 5.92 Å². The van der Waals surface area contributed by atoms with Crippen LogP contribution in [-0.2, 0) is 6.54 Å². The highest BCUT2D eigenvalue weighted by molar-refractivity contribution is 5.08. The molecule has 14 heavy (non-hydrogen) atoms. The molecule has 0 aliphatic heterocycles. The van der Waals surface area contributed by atoms with Gasteiger partial charge in [0.25, 0.3) is 0 Å². The predicted molar refractivity (Wildman–Crippen MR) is 56.8 cm³/mol. The van der Waals surface area contributed by atoms with E-state index in [2.05, 4.69) is 17.2 Å². The molecule has 0 saturated heterocycles. The zero-order valence-corrected chi connectivity index (χ0v) is 8.61. The largest absolute Gasteiger partial charge is 0.396 e. The molecule has 1 unspecified atom stereocenters. The molecule has 2 N–H and O–H groups in total. The molecule has 0 radical (unpaired) electrons. The summed E-state index contributed by atoms with van der Waals surface area (Å²) in [5.41, 5.74) is 1.23. The van der Waals surface area contributed by atoms with Gasteiger partial charge in [-0.1, -0.05) is 6.92 Å². The van der Waals surface area contributed by atoms with Crippen LogP contribution in [0.5, 0.6) is 0 Å². The third kappa shape index (κ3) is 3.85. The fourth-order valence-electron chi connectivity index (χ4n) is 1.26. The topological polar surface area (TPSA) is 45.1 Å². The van der Waals surface area contributed by atoms with Crippen molar-refractivity contribution in [3.63, 3.8) is 0 Å². The zero-order chi connectivity index (χ0) is 10.2. The van der Waals surface area contributed by atoms with Gasteiger partial charge in [0.05, 0.1) is 0 Å². The summed E-state index contributed by atoms with van der Waals surface area (Å²) < 4.78 is 0. The summed E-state index contributed by atoms with van der Waals surface area (Å²) in [6, 6.07) is 3.99. The van der Waals surface area contributed by atoms with E-state index < -0.39 is 0 Å². The van der Waals surface area contributed by atoms with Crippen molar-refractivity contribution in [2.45, 2.75) is 19.9 Å². The smallest absolute Gasteiger partial charge is 0.0471 e. The lowest BCUT2D eigenvalue weighted by Gasteiger charge is -2.12. The van der Waals surface area contributed by atoms with Crippen LogP contribution in [0.3, 0.4) is 0 Å². The van der Waals surface area contributed by atoms with E-state index >= 15 is 0 Å². The third-order valence-corrected chi connectivity index (χ3v) is 2.35. The first-order valence-electron chi connectivity index (χ1n) is 5.07. The standard InChI is InChI=1S/C11H18N2O/c1-2-10(9-14)7-13-8-11-3-5-12-6-4-11/h3-6,10,13-14H,2,7-9H2,1H3. The Morgan fingerprint density at radius 2 is 2.14 bits per heavy atom. The molecule has 0 saturated carbocycles. The molecule has 0 bridgehead atoms.